The van der Waals surface area contributed by atoms with E-state index in [9.17, 15) is 4.79 Å². The quantitative estimate of drug-likeness (QED) is 0.256. The summed E-state index contributed by atoms with van der Waals surface area (Å²) >= 11 is 1.76. The first-order valence-electron chi connectivity index (χ1n) is 4.90. The summed E-state index contributed by atoms with van der Waals surface area (Å²) in [5, 5.41) is 0. The standard InChI is InChI=1S/C10H16N2O2S/c1-8-9(5-6-14-8)15-7-3-2-4-10(13)12-11/h5-6H,2-4,7,11H2,1H3,(H,12,13). The lowest BCUT2D eigenvalue weighted by molar-refractivity contribution is -0.121. The van der Waals surface area contributed by atoms with Gasteiger partial charge >= 0.3 is 0 Å². The summed E-state index contributed by atoms with van der Waals surface area (Å²) in [5.41, 5.74) is 2.12. The van der Waals surface area contributed by atoms with E-state index < -0.39 is 0 Å². The fourth-order valence-corrected chi connectivity index (χ4v) is 2.14. The van der Waals surface area contributed by atoms with Gasteiger partial charge in [-0.25, -0.2) is 5.84 Å². The summed E-state index contributed by atoms with van der Waals surface area (Å²) in [5.74, 6) is 6.83. The molecular formula is C10H16N2O2S. The van der Waals surface area contributed by atoms with Crippen LogP contribution in [-0.2, 0) is 4.79 Å². The van der Waals surface area contributed by atoms with E-state index in [1.54, 1.807) is 18.0 Å². The smallest absolute Gasteiger partial charge is 0.233 e. The molecule has 0 aromatic carbocycles. The van der Waals surface area contributed by atoms with Crippen LogP contribution in [0.5, 0.6) is 0 Å². The molecule has 5 heteroatoms. The Morgan fingerprint density at radius 2 is 2.40 bits per heavy atom. The summed E-state index contributed by atoms with van der Waals surface area (Å²) in [4.78, 5) is 12.0. The molecule has 0 spiro atoms. The van der Waals surface area contributed by atoms with Crippen LogP contribution >= 0.6 is 11.8 Å². The first-order valence-corrected chi connectivity index (χ1v) is 5.89. The summed E-state index contributed by atoms with van der Waals surface area (Å²) < 4.78 is 5.18. The largest absolute Gasteiger partial charge is 0.468 e. The lowest BCUT2D eigenvalue weighted by atomic mass is 10.2. The van der Waals surface area contributed by atoms with Gasteiger partial charge in [0.25, 0.3) is 0 Å². The van der Waals surface area contributed by atoms with Crippen molar-refractivity contribution in [3.63, 3.8) is 0 Å². The van der Waals surface area contributed by atoms with Crippen LogP contribution in [0, 0.1) is 6.92 Å². The lowest BCUT2D eigenvalue weighted by Gasteiger charge is -2.00. The Morgan fingerprint density at radius 1 is 1.60 bits per heavy atom. The molecule has 0 radical (unpaired) electrons. The van der Waals surface area contributed by atoms with Gasteiger partial charge in [0.1, 0.15) is 5.76 Å². The summed E-state index contributed by atoms with van der Waals surface area (Å²) in [6.45, 7) is 1.95. The van der Waals surface area contributed by atoms with Crippen LogP contribution in [0.3, 0.4) is 0 Å². The predicted molar refractivity (Wildman–Crippen MR) is 60.4 cm³/mol. The number of furan rings is 1. The Kier molecular flexibility index (Phi) is 5.28. The molecule has 4 nitrogen and oxygen atoms in total. The van der Waals surface area contributed by atoms with Crippen LogP contribution in [0.4, 0.5) is 0 Å². The molecule has 0 atom stereocenters. The average Bonchev–Trinajstić information content (AvgIpc) is 2.63. The third-order valence-corrected chi connectivity index (χ3v) is 3.26. The van der Waals surface area contributed by atoms with Crippen molar-refractivity contribution in [1.82, 2.24) is 5.43 Å². The van der Waals surface area contributed by atoms with Crippen LogP contribution in [-0.4, -0.2) is 11.7 Å². The molecule has 1 heterocycles. The molecule has 0 saturated carbocycles. The Hall–Kier alpha value is -0.940. The number of hydrogen-bond acceptors (Lipinski definition) is 4. The Labute approximate surface area is 93.6 Å². The van der Waals surface area contributed by atoms with Gasteiger partial charge < -0.3 is 4.42 Å². The molecule has 1 aromatic rings. The molecule has 84 valence electrons. The van der Waals surface area contributed by atoms with E-state index in [0.29, 0.717) is 6.42 Å². The zero-order chi connectivity index (χ0) is 11.1. The number of nitrogens with one attached hydrogen (secondary N) is 1. The van der Waals surface area contributed by atoms with Crippen molar-refractivity contribution >= 4 is 17.7 Å². The minimum absolute atomic E-state index is 0.0977. The van der Waals surface area contributed by atoms with E-state index in [2.05, 4.69) is 5.43 Å². The van der Waals surface area contributed by atoms with E-state index in [0.717, 1.165) is 24.4 Å². The second-order valence-electron chi connectivity index (χ2n) is 3.21. The topological polar surface area (TPSA) is 68.3 Å². The van der Waals surface area contributed by atoms with E-state index in [1.807, 2.05) is 13.0 Å². The minimum atomic E-state index is -0.0977. The van der Waals surface area contributed by atoms with E-state index in [1.165, 1.54) is 4.90 Å². The maximum absolute atomic E-state index is 10.8. The highest BCUT2D eigenvalue weighted by molar-refractivity contribution is 7.99. The van der Waals surface area contributed by atoms with Crippen molar-refractivity contribution in [2.24, 2.45) is 5.84 Å². The second-order valence-corrected chi connectivity index (χ2v) is 4.35. The van der Waals surface area contributed by atoms with Gasteiger partial charge in [0.15, 0.2) is 0 Å². The van der Waals surface area contributed by atoms with Gasteiger partial charge in [0, 0.05) is 11.3 Å². The molecule has 0 aliphatic carbocycles. The fraction of sp³-hybridized carbons (Fsp3) is 0.500. The number of hydrogen-bond donors (Lipinski definition) is 2. The number of carbonyl (C=O) groups is 1. The number of unbranched alkanes of at least 4 members (excludes halogenated alkanes) is 1. The van der Waals surface area contributed by atoms with Crippen molar-refractivity contribution in [3.8, 4) is 0 Å². The molecule has 0 fully saturated rings. The SMILES string of the molecule is Cc1occc1SCCCCC(=O)NN. The van der Waals surface area contributed by atoms with Gasteiger partial charge in [0.05, 0.1) is 6.26 Å². The number of nitrogens with two attached hydrogens (primary N) is 1. The predicted octanol–water partition coefficient (Wildman–Crippen LogP) is 1.84. The number of thioether (sulfide) groups is 1. The van der Waals surface area contributed by atoms with E-state index in [-0.39, 0.29) is 5.91 Å². The fourth-order valence-electron chi connectivity index (χ4n) is 1.16. The molecule has 1 aromatic heterocycles. The maximum Gasteiger partial charge on any atom is 0.233 e. The van der Waals surface area contributed by atoms with Crippen molar-refractivity contribution in [3.05, 3.63) is 18.1 Å². The highest BCUT2D eigenvalue weighted by atomic mass is 32.2. The van der Waals surface area contributed by atoms with Crippen LogP contribution in [0.15, 0.2) is 21.6 Å². The Bertz CT molecular complexity index is 312. The third kappa shape index (κ3) is 4.40. The van der Waals surface area contributed by atoms with Crippen molar-refractivity contribution in [2.45, 2.75) is 31.1 Å². The van der Waals surface area contributed by atoms with Gasteiger partial charge in [0.2, 0.25) is 5.91 Å². The van der Waals surface area contributed by atoms with Gasteiger partial charge in [-0.1, -0.05) is 0 Å². The first kappa shape index (κ1) is 12.1. The second kappa shape index (κ2) is 6.53. The van der Waals surface area contributed by atoms with Crippen molar-refractivity contribution < 1.29 is 9.21 Å². The molecule has 0 unspecified atom stereocenters. The van der Waals surface area contributed by atoms with E-state index >= 15 is 0 Å². The average molecular weight is 228 g/mol. The molecule has 0 bridgehead atoms. The summed E-state index contributed by atoms with van der Waals surface area (Å²) in [6, 6.07) is 1.96. The monoisotopic (exact) mass is 228 g/mol. The van der Waals surface area contributed by atoms with Crippen LogP contribution < -0.4 is 11.3 Å². The normalized spacial score (nSPS) is 10.3. The maximum atomic E-state index is 10.8. The number of hydrazine groups is 1. The summed E-state index contributed by atoms with van der Waals surface area (Å²) in [6.07, 6.45) is 4.07. The number of amides is 1. The Morgan fingerprint density at radius 3 is 3.00 bits per heavy atom. The van der Waals surface area contributed by atoms with Crippen LogP contribution in [0.25, 0.3) is 0 Å². The van der Waals surface area contributed by atoms with Crippen LogP contribution in [0.1, 0.15) is 25.0 Å². The lowest BCUT2D eigenvalue weighted by Crippen LogP contribution is -2.29. The Balaban J connectivity index is 2.07. The molecular weight excluding hydrogens is 212 g/mol. The summed E-state index contributed by atoms with van der Waals surface area (Å²) in [7, 11) is 0. The van der Waals surface area contributed by atoms with E-state index in [4.69, 9.17) is 10.3 Å². The highest BCUT2D eigenvalue weighted by Gasteiger charge is 2.02. The van der Waals surface area contributed by atoms with Crippen LogP contribution in [0.2, 0.25) is 0 Å². The highest BCUT2D eigenvalue weighted by Crippen LogP contribution is 2.23. The van der Waals surface area contributed by atoms with Gasteiger partial charge in [-0.3, -0.25) is 10.2 Å². The number of carbonyl (C=O) groups excluding carboxylic acids is 1. The molecule has 15 heavy (non-hydrogen) atoms. The minimum Gasteiger partial charge on any atom is -0.468 e. The zero-order valence-electron chi connectivity index (χ0n) is 8.79. The van der Waals surface area contributed by atoms with Gasteiger partial charge in [-0.05, 0) is 31.6 Å². The van der Waals surface area contributed by atoms with Crippen molar-refractivity contribution in [1.29, 1.82) is 0 Å². The van der Waals surface area contributed by atoms with Gasteiger partial charge in [-0.2, -0.15) is 0 Å². The molecule has 0 saturated heterocycles. The number of rotatable bonds is 6. The number of aryl methyl sites for hydroxylation is 1. The molecule has 1 rings (SSSR count). The molecule has 3 N–H and O–H groups in total. The third-order valence-electron chi connectivity index (χ3n) is 2.03. The zero-order valence-corrected chi connectivity index (χ0v) is 9.60. The first-order chi connectivity index (χ1) is 7.24. The molecule has 1 amide bonds. The van der Waals surface area contributed by atoms with Crippen molar-refractivity contribution in [2.75, 3.05) is 5.75 Å². The molecule has 0 aliphatic heterocycles. The molecule has 0 aliphatic rings. The van der Waals surface area contributed by atoms with Gasteiger partial charge in [-0.15, -0.1) is 11.8 Å².